The average molecular weight is 395 g/mol. The molecule has 0 radical (unpaired) electrons. The predicted molar refractivity (Wildman–Crippen MR) is 107 cm³/mol. The highest BCUT2D eigenvalue weighted by Gasteiger charge is 2.30. The number of benzene rings is 2. The Labute approximate surface area is 167 Å². The minimum Gasteiger partial charge on any atom is -0.497 e. The van der Waals surface area contributed by atoms with Gasteiger partial charge in [-0.3, -0.25) is 4.79 Å². The number of carbonyl (C=O) groups is 1. The third-order valence-electron chi connectivity index (χ3n) is 4.73. The van der Waals surface area contributed by atoms with Crippen LogP contribution in [0.2, 0.25) is 0 Å². The van der Waals surface area contributed by atoms with E-state index in [9.17, 15) is 4.79 Å². The molecular formula is C20H21N5O2S. The fourth-order valence-corrected chi connectivity index (χ4v) is 4.31. The van der Waals surface area contributed by atoms with Gasteiger partial charge in [0.15, 0.2) is 0 Å². The number of thioether (sulfide) groups is 1. The van der Waals surface area contributed by atoms with Gasteiger partial charge in [-0.15, -0.1) is 5.10 Å². The molecule has 0 aliphatic carbocycles. The van der Waals surface area contributed by atoms with E-state index in [1.165, 1.54) is 11.8 Å². The quantitative estimate of drug-likeness (QED) is 0.597. The van der Waals surface area contributed by atoms with Crippen LogP contribution in [-0.2, 0) is 4.79 Å². The van der Waals surface area contributed by atoms with Crippen molar-refractivity contribution in [2.24, 2.45) is 0 Å². The van der Waals surface area contributed by atoms with Gasteiger partial charge in [0.1, 0.15) is 11.0 Å². The summed E-state index contributed by atoms with van der Waals surface area (Å²) in [6, 6.07) is 17.3. The van der Waals surface area contributed by atoms with Gasteiger partial charge in [0.2, 0.25) is 11.1 Å². The Bertz CT molecular complexity index is 923. The van der Waals surface area contributed by atoms with E-state index in [1.54, 1.807) is 11.8 Å². The third-order valence-corrected chi connectivity index (χ3v) is 5.90. The van der Waals surface area contributed by atoms with Gasteiger partial charge in [-0.2, -0.15) is 4.68 Å². The Kier molecular flexibility index (Phi) is 5.57. The minimum absolute atomic E-state index is 0.109. The molecule has 2 heterocycles. The summed E-state index contributed by atoms with van der Waals surface area (Å²) in [5.41, 5.74) is 1.77. The lowest BCUT2D eigenvalue weighted by atomic mass is 10.1. The average Bonchev–Trinajstić information content (AvgIpc) is 3.44. The Hall–Kier alpha value is -2.87. The number of likely N-dealkylation sites (tertiary alicyclic amines) is 1. The number of carbonyl (C=O) groups excluding carboxylic acids is 1. The zero-order chi connectivity index (χ0) is 19.3. The Morgan fingerprint density at radius 2 is 1.79 bits per heavy atom. The van der Waals surface area contributed by atoms with Crippen molar-refractivity contribution in [3.05, 3.63) is 60.2 Å². The van der Waals surface area contributed by atoms with Crippen LogP contribution >= 0.6 is 11.8 Å². The lowest BCUT2D eigenvalue weighted by Gasteiger charge is -2.22. The van der Waals surface area contributed by atoms with E-state index >= 15 is 0 Å². The van der Waals surface area contributed by atoms with Crippen molar-refractivity contribution in [2.75, 3.05) is 20.2 Å². The maximum absolute atomic E-state index is 13.2. The maximum Gasteiger partial charge on any atom is 0.240 e. The highest BCUT2D eigenvalue weighted by molar-refractivity contribution is 8.00. The Morgan fingerprint density at radius 3 is 2.46 bits per heavy atom. The monoisotopic (exact) mass is 395 g/mol. The van der Waals surface area contributed by atoms with Gasteiger partial charge >= 0.3 is 0 Å². The second-order valence-electron chi connectivity index (χ2n) is 6.51. The van der Waals surface area contributed by atoms with Crippen molar-refractivity contribution in [1.82, 2.24) is 25.1 Å². The van der Waals surface area contributed by atoms with Crippen LogP contribution in [0.1, 0.15) is 23.7 Å². The van der Waals surface area contributed by atoms with Crippen LogP contribution in [0, 0.1) is 0 Å². The molecule has 0 spiro atoms. The number of tetrazole rings is 1. The maximum atomic E-state index is 13.2. The van der Waals surface area contributed by atoms with E-state index in [0.717, 1.165) is 42.9 Å². The summed E-state index contributed by atoms with van der Waals surface area (Å²) in [7, 11) is 1.63. The number of rotatable bonds is 6. The van der Waals surface area contributed by atoms with Crippen LogP contribution in [0.3, 0.4) is 0 Å². The summed E-state index contributed by atoms with van der Waals surface area (Å²) in [6.45, 7) is 1.62. The molecule has 1 fully saturated rings. The highest BCUT2D eigenvalue weighted by atomic mass is 32.2. The summed E-state index contributed by atoms with van der Waals surface area (Å²) in [5.74, 6) is 0.871. The number of nitrogens with zero attached hydrogens (tertiary/aromatic N) is 5. The number of methoxy groups -OCH3 is 1. The predicted octanol–water partition coefficient (Wildman–Crippen LogP) is 3.13. The molecule has 1 amide bonds. The number of amides is 1. The summed E-state index contributed by atoms with van der Waals surface area (Å²) >= 11 is 1.38. The summed E-state index contributed by atoms with van der Waals surface area (Å²) in [4.78, 5) is 15.2. The summed E-state index contributed by atoms with van der Waals surface area (Å²) in [6.07, 6.45) is 2.11. The molecule has 1 aliphatic heterocycles. The van der Waals surface area contributed by atoms with Gasteiger partial charge < -0.3 is 9.64 Å². The second-order valence-corrected chi connectivity index (χ2v) is 7.58. The molecule has 1 aliphatic rings. The molecule has 1 aromatic heterocycles. The zero-order valence-electron chi connectivity index (χ0n) is 15.6. The Morgan fingerprint density at radius 1 is 1.07 bits per heavy atom. The topological polar surface area (TPSA) is 73.1 Å². The van der Waals surface area contributed by atoms with Gasteiger partial charge in [-0.1, -0.05) is 42.1 Å². The van der Waals surface area contributed by atoms with Gasteiger partial charge in [0.25, 0.3) is 0 Å². The Balaban J connectivity index is 1.64. The first-order valence-corrected chi connectivity index (χ1v) is 10.1. The fraction of sp³-hybridized carbons (Fsp3) is 0.300. The standard InChI is InChI=1S/C20H21N5O2S/c1-27-17-11-9-16(10-12-17)25-20(21-22-23-25)28-18(15-7-3-2-4-8-15)19(26)24-13-5-6-14-24/h2-4,7-12,18H,5-6,13-14H2,1H3. The van der Waals surface area contributed by atoms with Crippen LogP contribution in [0.25, 0.3) is 5.69 Å². The first kappa shape index (κ1) is 18.5. The van der Waals surface area contributed by atoms with Crippen LogP contribution in [0.5, 0.6) is 5.75 Å². The van der Waals surface area contributed by atoms with Gasteiger partial charge in [0, 0.05) is 13.1 Å². The lowest BCUT2D eigenvalue weighted by Crippen LogP contribution is -2.31. The number of hydrogen-bond donors (Lipinski definition) is 0. The lowest BCUT2D eigenvalue weighted by molar-refractivity contribution is -0.129. The van der Waals surface area contributed by atoms with Crippen LogP contribution in [0.4, 0.5) is 0 Å². The SMILES string of the molecule is COc1ccc(-n2nnnc2SC(C(=O)N2CCCC2)c2ccccc2)cc1. The number of ether oxygens (including phenoxy) is 1. The second kappa shape index (κ2) is 8.43. The van der Waals surface area contributed by atoms with E-state index < -0.39 is 0 Å². The molecule has 3 aromatic rings. The van der Waals surface area contributed by atoms with E-state index in [2.05, 4.69) is 15.5 Å². The number of hydrogen-bond acceptors (Lipinski definition) is 6. The van der Waals surface area contributed by atoms with Crippen molar-refractivity contribution in [2.45, 2.75) is 23.2 Å². The van der Waals surface area contributed by atoms with Crippen molar-refractivity contribution in [1.29, 1.82) is 0 Å². The van der Waals surface area contributed by atoms with E-state index in [0.29, 0.717) is 5.16 Å². The largest absolute Gasteiger partial charge is 0.497 e. The van der Waals surface area contributed by atoms with Gasteiger partial charge in [-0.25, -0.2) is 0 Å². The van der Waals surface area contributed by atoms with Crippen molar-refractivity contribution >= 4 is 17.7 Å². The molecule has 0 N–H and O–H groups in total. The third kappa shape index (κ3) is 3.87. The molecule has 144 valence electrons. The minimum atomic E-state index is -0.387. The molecule has 8 heteroatoms. The molecule has 7 nitrogen and oxygen atoms in total. The normalized spacial score (nSPS) is 14.8. The molecule has 0 bridgehead atoms. The molecule has 28 heavy (non-hydrogen) atoms. The van der Waals surface area contributed by atoms with Crippen molar-refractivity contribution in [3.8, 4) is 11.4 Å². The van der Waals surface area contributed by atoms with Gasteiger partial charge in [-0.05, 0) is 53.1 Å². The van der Waals surface area contributed by atoms with Crippen molar-refractivity contribution in [3.63, 3.8) is 0 Å². The van der Waals surface area contributed by atoms with Gasteiger partial charge in [0.05, 0.1) is 12.8 Å². The molecule has 2 aromatic carbocycles. The fourth-order valence-electron chi connectivity index (χ4n) is 3.24. The molecule has 1 saturated heterocycles. The van der Waals surface area contributed by atoms with E-state index in [1.807, 2.05) is 59.5 Å². The van der Waals surface area contributed by atoms with Crippen LogP contribution < -0.4 is 4.74 Å². The molecule has 1 atom stereocenters. The van der Waals surface area contributed by atoms with E-state index in [-0.39, 0.29) is 11.2 Å². The summed E-state index contributed by atoms with van der Waals surface area (Å²) in [5, 5.41) is 12.3. The molecular weight excluding hydrogens is 374 g/mol. The highest BCUT2D eigenvalue weighted by Crippen LogP contribution is 2.37. The first-order chi connectivity index (χ1) is 13.8. The smallest absolute Gasteiger partial charge is 0.240 e. The van der Waals surface area contributed by atoms with E-state index in [4.69, 9.17) is 4.74 Å². The molecule has 0 saturated carbocycles. The molecule has 1 unspecified atom stereocenters. The number of aromatic nitrogens is 4. The first-order valence-electron chi connectivity index (χ1n) is 9.19. The zero-order valence-corrected chi connectivity index (χ0v) is 16.4. The summed E-state index contributed by atoms with van der Waals surface area (Å²) < 4.78 is 6.86. The van der Waals surface area contributed by atoms with Crippen LogP contribution in [-0.4, -0.2) is 51.2 Å². The van der Waals surface area contributed by atoms with Crippen LogP contribution in [0.15, 0.2) is 59.8 Å². The molecule has 4 rings (SSSR count). The van der Waals surface area contributed by atoms with Crippen molar-refractivity contribution < 1.29 is 9.53 Å².